The molecule has 1 saturated heterocycles. The Labute approximate surface area is 188 Å². The molecule has 7 heteroatoms. The summed E-state index contributed by atoms with van der Waals surface area (Å²) in [6.07, 6.45) is 2.99. The zero-order valence-corrected chi connectivity index (χ0v) is 18.3. The lowest BCUT2D eigenvalue weighted by molar-refractivity contribution is -0.118. The first-order valence-corrected chi connectivity index (χ1v) is 11.2. The molecule has 168 valence electrons. The Morgan fingerprint density at radius 3 is 2.91 bits per heavy atom. The summed E-state index contributed by atoms with van der Waals surface area (Å²) in [6, 6.07) is 14.2. The minimum atomic E-state index is -0.457. The number of halogens is 1. The van der Waals surface area contributed by atoms with E-state index in [1.54, 1.807) is 18.2 Å². The molecule has 2 aromatic carbocycles. The van der Waals surface area contributed by atoms with Gasteiger partial charge in [-0.05, 0) is 68.0 Å². The zero-order valence-electron chi connectivity index (χ0n) is 18.3. The third-order valence-electron chi connectivity index (χ3n) is 5.99. The summed E-state index contributed by atoms with van der Waals surface area (Å²) in [5.41, 5.74) is 2.68. The monoisotopic (exact) mass is 436 g/mol. The van der Waals surface area contributed by atoms with Crippen LogP contribution in [0, 0.1) is 23.1 Å². The van der Waals surface area contributed by atoms with E-state index in [4.69, 9.17) is 4.74 Å². The van der Waals surface area contributed by atoms with Crippen molar-refractivity contribution in [1.82, 2.24) is 5.32 Å². The van der Waals surface area contributed by atoms with Gasteiger partial charge in [0, 0.05) is 31.9 Å². The number of carbonyl (C=O) groups is 1. The number of benzene rings is 2. The third kappa shape index (κ3) is 5.64. The highest BCUT2D eigenvalue weighted by molar-refractivity contribution is 5.95. The second kappa shape index (κ2) is 10.1. The standard InChI is InChI=1S/C25H29FN4O2/c1-2-32-21-12-24(28-14-21)25(31)29-23-11-19(8-9-22(23)26)16-30(15-17-6-7-17)20-5-3-4-18(10-20)13-27/h3-5,8-11,17,21,24,28H,2,6-7,12,14-16H2,1H3,(H,29,31)/t21-,24-/m1/s1. The van der Waals surface area contributed by atoms with E-state index in [1.165, 1.54) is 18.9 Å². The number of nitrogens with one attached hydrogen (secondary N) is 2. The van der Waals surface area contributed by atoms with E-state index in [-0.39, 0.29) is 17.7 Å². The van der Waals surface area contributed by atoms with Crippen LogP contribution in [0.1, 0.15) is 37.3 Å². The van der Waals surface area contributed by atoms with Crippen LogP contribution in [0.3, 0.4) is 0 Å². The second-order valence-corrected chi connectivity index (χ2v) is 8.56. The number of nitriles is 1. The normalized spacial score (nSPS) is 20.0. The predicted octanol–water partition coefficient (Wildman–Crippen LogP) is 3.82. The largest absolute Gasteiger partial charge is 0.377 e. The molecule has 2 aromatic rings. The van der Waals surface area contributed by atoms with Crippen molar-refractivity contribution in [2.24, 2.45) is 5.92 Å². The lowest BCUT2D eigenvalue weighted by Crippen LogP contribution is -2.35. The van der Waals surface area contributed by atoms with Gasteiger partial charge in [-0.15, -0.1) is 0 Å². The molecular formula is C25H29FN4O2. The molecule has 2 atom stereocenters. The van der Waals surface area contributed by atoms with Gasteiger partial charge in [0.25, 0.3) is 0 Å². The number of hydrogen-bond acceptors (Lipinski definition) is 5. The van der Waals surface area contributed by atoms with Crippen LogP contribution in [-0.2, 0) is 16.1 Å². The Balaban J connectivity index is 1.47. The molecule has 32 heavy (non-hydrogen) atoms. The summed E-state index contributed by atoms with van der Waals surface area (Å²) in [5.74, 6) is -0.0615. The van der Waals surface area contributed by atoms with E-state index in [2.05, 4.69) is 21.6 Å². The number of amides is 1. The molecule has 2 fully saturated rings. The van der Waals surface area contributed by atoms with Gasteiger partial charge >= 0.3 is 0 Å². The molecule has 0 spiro atoms. The fourth-order valence-corrected chi connectivity index (χ4v) is 4.12. The molecule has 2 N–H and O–H groups in total. The molecular weight excluding hydrogens is 407 g/mol. The van der Waals surface area contributed by atoms with E-state index in [0.717, 1.165) is 17.8 Å². The smallest absolute Gasteiger partial charge is 0.241 e. The van der Waals surface area contributed by atoms with Crippen LogP contribution < -0.4 is 15.5 Å². The van der Waals surface area contributed by atoms with Crippen molar-refractivity contribution in [1.29, 1.82) is 5.26 Å². The highest BCUT2D eigenvalue weighted by Crippen LogP contribution is 2.32. The summed E-state index contributed by atoms with van der Waals surface area (Å²) in [5, 5.41) is 15.1. The molecule has 2 aliphatic rings. The van der Waals surface area contributed by atoms with Crippen LogP contribution in [-0.4, -0.2) is 37.7 Å². The third-order valence-corrected chi connectivity index (χ3v) is 5.99. The van der Waals surface area contributed by atoms with Crippen molar-refractivity contribution < 1.29 is 13.9 Å². The number of rotatable bonds is 9. The quantitative estimate of drug-likeness (QED) is 0.625. The van der Waals surface area contributed by atoms with Crippen LogP contribution >= 0.6 is 0 Å². The van der Waals surface area contributed by atoms with Gasteiger partial charge < -0.3 is 20.3 Å². The number of nitrogens with zero attached hydrogens (tertiary/aromatic N) is 2. The van der Waals surface area contributed by atoms with Crippen molar-refractivity contribution in [3.63, 3.8) is 0 Å². The van der Waals surface area contributed by atoms with Gasteiger partial charge in [-0.25, -0.2) is 4.39 Å². The maximum Gasteiger partial charge on any atom is 0.241 e. The number of ether oxygens (including phenoxy) is 1. The van der Waals surface area contributed by atoms with Gasteiger partial charge in [0.05, 0.1) is 29.5 Å². The van der Waals surface area contributed by atoms with Crippen molar-refractivity contribution in [3.05, 3.63) is 59.4 Å². The van der Waals surface area contributed by atoms with Crippen molar-refractivity contribution in [2.45, 2.75) is 44.9 Å². The van der Waals surface area contributed by atoms with Gasteiger partial charge in [0.15, 0.2) is 0 Å². The Kier molecular flexibility index (Phi) is 7.03. The second-order valence-electron chi connectivity index (χ2n) is 8.56. The summed E-state index contributed by atoms with van der Waals surface area (Å²) in [7, 11) is 0. The highest BCUT2D eigenvalue weighted by atomic mass is 19.1. The van der Waals surface area contributed by atoms with Gasteiger partial charge in [0.2, 0.25) is 5.91 Å². The zero-order chi connectivity index (χ0) is 22.5. The number of carbonyl (C=O) groups excluding carboxylic acids is 1. The van der Waals surface area contributed by atoms with E-state index in [1.807, 2.05) is 25.1 Å². The first kappa shape index (κ1) is 22.3. The van der Waals surface area contributed by atoms with E-state index in [0.29, 0.717) is 37.6 Å². The van der Waals surface area contributed by atoms with Crippen LogP contribution in [0.25, 0.3) is 0 Å². The lowest BCUT2D eigenvalue weighted by atomic mass is 10.1. The summed E-state index contributed by atoms with van der Waals surface area (Å²) < 4.78 is 20.1. The maximum atomic E-state index is 14.5. The van der Waals surface area contributed by atoms with Crippen molar-refractivity contribution in [3.8, 4) is 6.07 Å². The summed E-state index contributed by atoms with van der Waals surface area (Å²) in [6.45, 7) is 4.61. The Hall–Kier alpha value is -2.95. The SMILES string of the molecule is CCO[C@H]1CN[C@@H](C(=O)Nc2cc(CN(CC3CC3)c3cccc(C#N)c3)ccc2F)C1. The summed E-state index contributed by atoms with van der Waals surface area (Å²) >= 11 is 0. The van der Waals surface area contributed by atoms with E-state index < -0.39 is 11.9 Å². The van der Waals surface area contributed by atoms with Gasteiger partial charge in [0.1, 0.15) is 5.82 Å². The van der Waals surface area contributed by atoms with Crippen LogP contribution in [0.15, 0.2) is 42.5 Å². The first-order chi connectivity index (χ1) is 15.6. The van der Waals surface area contributed by atoms with E-state index >= 15 is 0 Å². The molecule has 6 nitrogen and oxygen atoms in total. The fraction of sp³-hybridized carbons (Fsp3) is 0.440. The Morgan fingerprint density at radius 2 is 2.16 bits per heavy atom. The molecule has 0 unspecified atom stereocenters. The van der Waals surface area contributed by atoms with Crippen LogP contribution in [0.5, 0.6) is 0 Å². The maximum absolute atomic E-state index is 14.5. The lowest BCUT2D eigenvalue weighted by Gasteiger charge is -2.25. The average Bonchev–Trinajstić information content (AvgIpc) is 3.50. The van der Waals surface area contributed by atoms with Crippen LogP contribution in [0.4, 0.5) is 15.8 Å². The topological polar surface area (TPSA) is 77.4 Å². The van der Waals surface area contributed by atoms with Crippen molar-refractivity contribution >= 4 is 17.3 Å². The fourth-order valence-electron chi connectivity index (χ4n) is 4.12. The van der Waals surface area contributed by atoms with Crippen molar-refractivity contribution in [2.75, 3.05) is 29.9 Å². The van der Waals surface area contributed by atoms with Gasteiger partial charge in [-0.1, -0.05) is 12.1 Å². The van der Waals surface area contributed by atoms with Gasteiger partial charge in [-0.2, -0.15) is 5.26 Å². The van der Waals surface area contributed by atoms with Gasteiger partial charge in [-0.3, -0.25) is 4.79 Å². The molecule has 1 amide bonds. The Morgan fingerprint density at radius 1 is 1.31 bits per heavy atom. The predicted molar refractivity (Wildman–Crippen MR) is 122 cm³/mol. The number of anilines is 2. The molecule has 0 aromatic heterocycles. The average molecular weight is 437 g/mol. The molecule has 1 saturated carbocycles. The highest BCUT2D eigenvalue weighted by Gasteiger charge is 2.30. The summed E-state index contributed by atoms with van der Waals surface area (Å²) in [4.78, 5) is 14.9. The first-order valence-electron chi connectivity index (χ1n) is 11.2. The number of hydrogen-bond donors (Lipinski definition) is 2. The molecule has 1 heterocycles. The minimum Gasteiger partial charge on any atom is -0.377 e. The van der Waals surface area contributed by atoms with Crippen LogP contribution in [0.2, 0.25) is 0 Å². The molecule has 0 bridgehead atoms. The molecule has 1 aliphatic heterocycles. The molecule has 0 radical (unpaired) electrons. The van der Waals surface area contributed by atoms with E-state index in [9.17, 15) is 14.4 Å². The molecule has 4 rings (SSSR count). The minimum absolute atomic E-state index is 0.00656. The molecule has 1 aliphatic carbocycles. The Bertz CT molecular complexity index is 1000.